The predicted octanol–water partition coefficient (Wildman–Crippen LogP) is 5.71. The molecule has 1 heterocycles. The molecule has 0 fully saturated rings. The Balaban J connectivity index is 0.00000306. The summed E-state index contributed by atoms with van der Waals surface area (Å²) in [7, 11) is 0. The molecule has 174 valence electrons. The van der Waals surface area contributed by atoms with Crippen molar-refractivity contribution in [1.82, 2.24) is 9.55 Å². The smallest absolute Gasteiger partial charge is 0.148 e. The molecule has 0 aliphatic heterocycles. The van der Waals surface area contributed by atoms with Gasteiger partial charge in [-0.25, -0.2) is 4.98 Å². The normalized spacial score (nSPS) is 11.8. The molecule has 0 aliphatic rings. The van der Waals surface area contributed by atoms with Crippen molar-refractivity contribution in [2.45, 2.75) is 47.0 Å². The van der Waals surface area contributed by atoms with Crippen molar-refractivity contribution in [3.05, 3.63) is 88.7 Å². The van der Waals surface area contributed by atoms with Gasteiger partial charge in [-0.15, -0.1) is 12.4 Å². The third-order valence-electron chi connectivity index (χ3n) is 5.64. The van der Waals surface area contributed by atoms with Crippen molar-refractivity contribution < 1.29 is 14.6 Å². The zero-order valence-electron chi connectivity index (χ0n) is 19.5. The Morgan fingerprint density at radius 3 is 2.33 bits per heavy atom. The molecule has 1 N–H and O–H groups in total. The molecule has 4 rings (SSSR count). The molecule has 0 radical (unpaired) electrons. The number of halogens is 1. The van der Waals surface area contributed by atoms with Crippen molar-refractivity contribution in [2.75, 3.05) is 6.61 Å². The number of hydrogen-bond donors (Lipinski definition) is 1. The number of fused-ring (bicyclic) bond motifs is 1. The minimum Gasteiger partial charge on any atom is -0.491 e. The minimum absolute atomic E-state index is 0. The van der Waals surface area contributed by atoms with E-state index in [0.29, 0.717) is 13.2 Å². The standard InChI is InChI=1S/C27H30N2O3.ClH/c1-18-12-13-25(21(4)14-18)31-16-22(30)15-29-24-11-6-5-10-23(24)28-26(29)17-32-27-19(2)8-7-9-20(27)3;/h5-14,22,30H,15-17H2,1-4H3;1H. The molecule has 0 bridgehead atoms. The summed E-state index contributed by atoms with van der Waals surface area (Å²) < 4.78 is 14.1. The minimum atomic E-state index is -0.688. The highest BCUT2D eigenvalue weighted by Crippen LogP contribution is 2.25. The Kier molecular flexibility index (Phi) is 8.01. The fourth-order valence-corrected chi connectivity index (χ4v) is 4.01. The molecular weight excluding hydrogens is 436 g/mol. The average Bonchev–Trinajstić information content (AvgIpc) is 3.10. The number of rotatable bonds is 8. The Morgan fingerprint density at radius 2 is 1.61 bits per heavy atom. The van der Waals surface area contributed by atoms with Crippen LogP contribution in [0.3, 0.4) is 0 Å². The summed E-state index contributed by atoms with van der Waals surface area (Å²) >= 11 is 0. The summed E-state index contributed by atoms with van der Waals surface area (Å²) in [5.41, 5.74) is 6.29. The second-order valence-corrected chi connectivity index (χ2v) is 8.37. The van der Waals surface area contributed by atoms with Gasteiger partial charge in [0.2, 0.25) is 0 Å². The Morgan fingerprint density at radius 1 is 0.879 bits per heavy atom. The zero-order chi connectivity index (χ0) is 22.7. The topological polar surface area (TPSA) is 56.5 Å². The van der Waals surface area contributed by atoms with Gasteiger partial charge in [-0.05, 0) is 62.6 Å². The molecule has 4 aromatic rings. The van der Waals surface area contributed by atoms with Gasteiger partial charge in [-0.1, -0.05) is 48.0 Å². The van der Waals surface area contributed by atoms with Crippen LogP contribution in [-0.2, 0) is 13.2 Å². The van der Waals surface area contributed by atoms with Crippen LogP contribution in [0.5, 0.6) is 11.5 Å². The van der Waals surface area contributed by atoms with E-state index < -0.39 is 6.10 Å². The van der Waals surface area contributed by atoms with E-state index in [-0.39, 0.29) is 19.0 Å². The van der Waals surface area contributed by atoms with Crippen LogP contribution in [0.25, 0.3) is 11.0 Å². The van der Waals surface area contributed by atoms with Crippen LogP contribution in [0, 0.1) is 27.7 Å². The quantitative estimate of drug-likeness (QED) is 0.361. The van der Waals surface area contributed by atoms with Crippen molar-refractivity contribution >= 4 is 23.4 Å². The third kappa shape index (κ3) is 5.67. The lowest BCUT2D eigenvalue weighted by molar-refractivity contribution is 0.0914. The molecule has 6 heteroatoms. The van der Waals surface area contributed by atoms with Crippen LogP contribution >= 0.6 is 12.4 Å². The van der Waals surface area contributed by atoms with E-state index in [1.807, 2.05) is 79.9 Å². The monoisotopic (exact) mass is 466 g/mol. The second kappa shape index (κ2) is 10.7. The Hall–Kier alpha value is -3.02. The molecular formula is C27H31ClN2O3. The number of benzene rings is 3. The molecule has 0 amide bonds. The fraction of sp³-hybridized carbons (Fsp3) is 0.296. The van der Waals surface area contributed by atoms with Gasteiger partial charge in [-0.2, -0.15) is 0 Å². The van der Waals surface area contributed by atoms with Gasteiger partial charge in [0.25, 0.3) is 0 Å². The van der Waals surface area contributed by atoms with E-state index in [1.54, 1.807) is 0 Å². The first-order valence-electron chi connectivity index (χ1n) is 10.9. The van der Waals surface area contributed by atoms with Gasteiger partial charge in [0.1, 0.15) is 36.6 Å². The largest absolute Gasteiger partial charge is 0.491 e. The second-order valence-electron chi connectivity index (χ2n) is 8.37. The van der Waals surface area contributed by atoms with Crippen molar-refractivity contribution in [1.29, 1.82) is 0 Å². The van der Waals surface area contributed by atoms with E-state index in [9.17, 15) is 5.11 Å². The number of nitrogens with zero attached hydrogens (tertiary/aromatic N) is 2. The SMILES string of the molecule is Cc1ccc(OCC(O)Cn2c(COc3c(C)cccc3C)nc3ccccc32)c(C)c1.Cl. The van der Waals surface area contributed by atoms with E-state index in [1.165, 1.54) is 5.56 Å². The number of hydrogen-bond acceptors (Lipinski definition) is 4. The summed E-state index contributed by atoms with van der Waals surface area (Å²) in [4.78, 5) is 4.77. The number of aliphatic hydroxyl groups excluding tert-OH is 1. The van der Waals surface area contributed by atoms with Crippen LogP contribution in [0.1, 0.15) is 28.1 Å². The summed E-state index contributed by atoms with van der Waals surface area (Å²) in [5.74, 6) is 2.45. The number of aromatic nitrogens is 2. The van der Waals surface area contributed by atoms with Crippen molar-refractivity contribution in [3.8, 4) is 11.5 Å². The molecule has 1 unspecified atom stereocenters. The number of aryl methyl sites for hydroxylation is 4. The number of para-hydroxylation sites is 3. The van der Waals surface area contributed by atoms with E-state index in [2.05, 4.69) is 13.0 Å². The maximum Gasteiger partial charge on any atom is 0.148 e. The Bertz CT molecular complexity index is 1220. The van der Waals surface area contributed by atoms with Gasteiger partial charge in [-0.3, -0.25) is 0 Å². The first kappa shape index (κ1) is 24.6. The maximum atomic E-state index is 10.8. The lowest BCUT2D eigenvalue weighted by atomic mass is 10.1. The van der Waals surface area contributed by atoms with Crippen LogP contribution in [0.15, 0.2) is 60.7 Å². The molecule has 0 saturated heterocycles. The van der Waals surface area contributed by atoms with Crippen molar-refractivity contribution in [3.63, 3.8) is 0 Å². The average molecular weight is 467 g/mol. The van der Waals surface area contributed by atoms with E-state index >= 15 is 0 Å². The highest BCUT2D eigenvalue weighted by atomic mass is 35.5. The molecule has 5 nitrogen and oxygen atoms in total. The predicted molar refractivity (Wildman–Crippen MR) is 135 cm³/mol. The first-order valence-corrected chi connectivity index (χ1v) is 10.9. The third-order valence-corrected chi connectivity index (χ3v) is 5.64. The summed E-state index contributed by atoms with van der Waals surface area (Å²) in [6, 6.07) is 20.1. The molecule has 3 aromatic carbocycles. The summed E-state index contributed by atoms with van der Waals surface area (Å²) in [5, 5.41) is 10.8. The van der Waals surface area contributed by atoms with Crippen LogP contribution in [0.4, 0.5) is 0 Å². The van der Waals surface area contributed by atoms with Gasteiger partial charge in [0.15, 0.2) is 0 Å². The summed E-state index contributed by atoms with van der Waals surface area (Å²) in [6.45, 7) is 9.05. The van der Waals surface area contributed by atoms with Crippen molar-refractivity contribution in [2.24, 2.45) is 0 Å². The molecule has 1 aromatic heterocycles. The Labute approximate surface area is 201 Å². The lowest BCUT2D eigenvalue weighted by Gasteiger charge is -2.17. The number of ether oxygens (including phenoxy) is 2. The van der Waals surface area contributed by atoms with Crippen LogP contribution in [0.2, 0.25) is 0 Å². The van der Waals surface area contributed by atoms with Gasteiger partial charge in [0, 0.05) is 0 Å². The first-order chi connectivity index (χ1) is 15.4. The molecule has 0 spiro atoms. The fourth-order valence-electron chi connectivity index (χ4n) is 4.01. The number of imidazole rings is 1. The summed E-state index contributed by atoms with van der Waals surface area (Å²) in [6.07, 6.45) is -0.688. The van der Waals surface area contributed by atoms with E-state index in [4.69, 9.17) is 14.5 Å². The highest BCUT2D eigenvalue weighted by Gasteiger charge is 2.16. The van der Waals surface area contributed by atoms with Gasteiger partial charge >= 0.3 is 0 Å². The molecule has 0 aliphatic carbocycles. The van der Waals surface area contributed by atoms with Crippen LogP contribution < -0.4 is 9.47 Å². The number of aliphatic hydroxyl groups is 1. The van der Waals surface area contributed by atoms with Crippen LogP contribution in [-0.4, -0.2) is 27.4 Å². The molecule has 1 atom stereocenters. The van der Waals surface area contributed by atoms with Gasteiger partial charge in [0.05, 0.1) is 17.6 Å². The van der Waals surface area contributed by atoms with E-state index in [0.717, 1.165) is 45.0 Å². The maximum absolute atomic E-state index is 10.8. The lowest BCUT2D eigenvalue weighted by Crippen LogP contribution is -2.25. The van der Waals surface area contributed by atoms with Gasteiger partial charge < -0.3 is 19.1 Å². The molecule has 33 heavy (non-hydrogen) atoms. The molecule has 0 saturated carbocycles. The zero-order valence-corrected chi connectivity index (χ0v) is 20.4. The highest BCUT2D eigenvalue weighted by molar-refractivity contribution is 5.85.